The molecule has 0 aliphatic carbocycles. The summed E-state index contributed by atoms with van der Waals surface area (Å²) in [5, 5.41) is 11.0. The number of amides is 1. The molecule has 0 saturated heterocycles. The first-order chi connectivity index (χ1) is 8.88. The first-order valence-corrected chi connectivity index (χ1v) is 5.25. The van der Waals surface area contributed by atoms with Crippen LogP contribution in [0.5, 0.6) is 0 Å². The highest BCUT2D eigenvalue weighted by Crippen LogP contribution is 2.30. The fourth-order valence-corrected chi connectivity index (χ4v) is 1.34. The maximum Gasteiger partial charge on any atom is 0.354 e. The number of nitro groups is 1. The molecule has 0 unspecified atom stereocenters. The second-order valence-electron chi connectivity index (χ2n) is 3.94. The zero-order valence-electron chi connectivity index (χ0n) is 10.8. The average Bonchev–Trinajstić information content (AvgIpc) is 2.37. The molecule has 0 aromatic carbocycles. The first-order valence-electron chi connectivity index (χ1n) is 5.25. The van der Waals surface area contributed by atoms with Crippen molar-refractivity contribution in [3.63, 3.8) is 0 Å². The number of nitrogen functional groups attached to an aromatic ring is 1. The van der Waals surface area contributed by atoms with E-state index in [-0.39, 0.29) is 29.8 Å². The third-order valence-corrected chi connectivity index (χ3v) is 2.36. The quantitative estimate of drug-likeness (QED) is 0.403. The molecule has 0 spiro atoms. The van der Waals surface area contributed by atoms with Gasteiger partial charge in [0.05, 0.1) is 11.5 Å². The number of carbonyl (C=O) groups excluding carboxylic acids is 1. The Morgan fingerprint density at radius 3 is 2.58 bits per heavy atom. The van der Waals surface area contributed by atoms with E-state index in [4.69, 9.17) is 5.84 Å². The lowest BCUT2D eigenvalue weighted by atomic mass is 10.4. The highest BCUT2D eigenvalue weighted by atomic mass is 16.6. The highest BCUT2D eigenvalue weighted by molar-refractivity contribution is 5.82. The lowest BCUT2D eigenvalue weighted by Crippen LogP contribution is -2.35. The Morgan fingerprint density at radius 2 is 2.11 bits per heavy atom. The number of hydrazine groups is 1. The van der Waals surface area contributed by atoms with Gasteiger partial charge in [-0.2, -0.15) is 0 Å². The SMILES string of the molecule is CN(C)C(=O)CN(C)c1ncnc(NN)c1[N+](=O)[O-]. The van der Waals surface area contributed by atoms with E-state index in [9.17, 15) is 14.9 Å². The van der Waals surface area contributed by atoms with Crippen LogP contribution >= 0.6 is 0 Å². The lowest BCUT2D eigenvalue weighted by molar-refractivity contribution is -0.383. The molecule has 10 heteroatoms. The van der Waals surface area contributed by atoms with Gasteiger partial charge >= 0.3 is 5.69 Å². The van der Waals surface area contributed by atoms with Gasteiger partial charge in [0.15, 0.2) is 0 Å². The summed E-state index contributed by atoms with van der Waals surface area (Å²) >= 11 is 0. The van der Waals surface area contributed by atoms with Gasteiger partial charge in [-0.3, -0.25) is 14.9 Å². The molecule has 104 valence electrons. The number of nitrogens with zero attached hydrogens (tertiary/aromatic N) is 5. The maximum absolute atomic E-state index is 11.6. The number of aromatic nitrogens is 2. The molecule has 3 N–H and O–H groups in total. The standard InChI is InChI=1S/C9H15N7O3/c1-14(2)6(17)4-15(3)9-7(16(18)19)8(13-10)11-5-12-9/h5H,4,10H2,1-3H3,(H,11,12,13). The van der Waals surface area contributed by atoms with Crippen LogP contribution < -0.4 is 16.2 Å². The van der Waals surface area contributed by atoms with Gasteiger partial charge in [-0.1, -0.05) is 0 Å². The number of nitrogens with two attached hydrogens (primary N) is 1. The van der Waals surface area contributed by atoms with E-state index in [1.54, 1.807) is 14.1 Å². The lowest BCUT2D eigenvalue weighted by Gasteiger charge is -2.20. The van der Waals surface area contributed by atoms with Crippen LogP contribution in [0.2, 0.25) is 0 Å². The van der Waals surface area contributed by atoms with Crippen molar-refractivity contribution in [3.8, 4) is 0 Å². The van der Waals surface area contributed by atoms with Crippen molar-refractivity contribution >= 4 is 23.2 Å². The van der Waals surface area contributed by atoms with Crippen LogP contribution in [0.3, 0.4) is 0 Å². The minimum atomic E-state index is -0.652. The maximum atomic E-state index is 11.6. The number of anilines is 2. The van der Waals surface area contributed by atoms with Gasteiger partial charge in [0.25, 0.3) is 0 Å². The molecule has 0 bridgehead atoms. The van der Waals surface area contributed by atoms with Crippen molar-refractivity contribution in [2.24, 2.45) is 5.84 Å². The summed E-state index contributed by atoms with van der Waals surface area (Å²) in [6, 6.07) is 0. The Bertz CT molecular complexity index is 491. The number of likely N-dealkylation sites (N-methyl/N-ethyl adjacent to an activating group) is 2. The van der Waals surface area contributed by atoms with Crippen molar-refractivity contribution < 1.29 is 9.72 Å². The number of hydrogen-bond donors (Lipinski definition) is 2. The van der Waals surface area contributed by atoms with Gasteiger partial charge in [-0.05, 0) is 0 Å². The van der Waals surface area contributed by atoms with Crippen molar-refractivity contribution in [2.45, 2.75) is 0 Å². The molecule has 10 nitrogen and oxygen atoms in total. The van der Waals surface area contributed by atoms with Crippen LogP contribution in [0.15, 0.2) is 6.33 Å². The fraction of sp³-hybridized carbons (Fsp3) is 0.444. The summed E-state index contributed by atoms with van der Waals surface area (Å²) < 4.78 is 0. The number of carbonyl (C=O) groups is 1. The molecule has 19 heavy (non-hydrogen) atoms. The van der Waals surface area contributed by atoms with Gasteiger partial charge in [-0.15, -0.1) is 0 Å². The van der Waals surface area contributed by atoms with Gasteiger partial charge in [-0.25, -0.2) is 15.8 Å². The molecule has 0 saturated carbocycles. The molecule has 0 aliphatic heterocycles. The Morgan fingerprint density at radius 1 is 1.47 bits per heavy atom. The van der Waals surface area contributed by atoms with Crippen molar-refractivity contribution in [1.82, 2.24) is 14.9 Å². The second kappa shape index (κ2) is 5.91. The van der Waals surface area contributed by atoms with E-state index in [0.29, 0.717) is 0 Å². The number of hydrogen-bond acceptors (Lipinski definition) is 8. The van der Waals surface area contributed by atoms with E-state index in [1.165, 1.54) is 16.8 Å². The number of nitrogens with one attached hydrogen (secondary N) is 1. The third-order valence-electron chi connectivity index (χ3n) is 2.36. The first kappa shape index (κ1) is 14.6. The molecule has 1 rings (SSSR count). The van der Waals surface area contributed by atoms with Crippen LogP contribution in [0.4, 0.5) is 17.3 Å². The topological polar surface area (TPSA) is 131 Å². The van der Waals surface area contributed by atoms with E-state index in [0.717, 1.165) is 6.33 Å². The summed E-state index contributed by atoms with van der Waals surface area (Å²) in [7, 11) is 4.71. The van der Waals surface area contributed by atoms with Crippen molar-refractivity contribution in [1.29, 1.82) is 0 Å². The molecular weight excluding hydrogens is 254 g/mol. The minimum Gasteiger partial charge on any atom is -0.347 e. The Balaban J connectivity index is 3.12. The van der Waals surface area contributed by atoms with Crippen LogP contribution in [-0.4, -0.2) is 53.4 Å². The normalized spacial score (nSPS) is 9.89. The zero-order valence-corrected chi connectivity index (χ0v) is 10.8. The van der Waals surface area contributed by atoms with Gasteiger partial charge < -0.3 is 15.2 Å². The zero-order chi connectivity index (χ0) is 14.6. The molecule has 1 aromatic rings. The fourth-order valence-electron chi connectivity index (χ4n) is 1.34. The minimum absolute atomic E-state index is 0.0168. The Hall–Kier alpha value is -2.49. The molecule has 0 radical (unpaired) electrons. The van der Waals surface area contributed by atoms with Crippen molar-refractivity contribution in [2.75, 3.05) is 38.0 Å². The predicted octanol–water partition coefficient (Wildman–Crippen LogP) is -0.805. The van der Waals surface area contributed by atoms with Crippen LogP contribution in [0.1, 0.15) is 0 Å². The average molecular weight is 269 g/mol. The van der Waals surface area contributed by atoms with E-state index in [2.05, 4.69) is 15.4 Å². The summed E-state index contributed by atoms with van der Waals surface area (Å²) in [5.74, 6) is 4.86. The van der Waals surface area contributed by atoms with Gasteiger partial charge in [0.2, 0.25) is 17.5 Å². The van der Waals surface area contributed by atoms with Crippen LogP contribution in [0, 0.1) is 10.1 Å². The summed E-state index contributed by atoms with van der Waals surface area (Å²) in [4.78, 5) is 32.2. The van der Waals surface area contributed by atoms with E-state index < -0.39 is 4.92 Å². The molecule has 1 heterocycles. The number of rotatable bonds is 5. The summed E-state index contributed by atoms with van der Waals surface area (Å²) in [6.45, 7) is -0.0468. The largest absolute Gasteiger partial charge is 0.354 e. The molecule has 1 aromatic heterocycles. The molecule has 0 fully saturated rings. The summed E-state index contributed by atoms with van der Waals surface area (Å²) in [6.07, 6.45) is 1.13. The molecule has 0 atom stereocenters. The smallest absolute Gasteiger partial charge is 0.347 e. The predicted molar refractivity (Wildman–Crippen MR) is 68.5 cm³/mol. The van der Waals surface area contributed by atoms with Crippen LogP contribution in [-0.2, 0) is 4.79 Å². The second-order valence-corrected chi connectivity index (χ2v) is 3.94. The molecule has 0 aliphatic rings. The monoisotopic (exact) mass is 269 g/mol. The molecule has 1 amide bonds. The highest BCUT2D eigenvalue weighted by Gasteiger charge is 2.26. The van der Waals surface area contributed by atoms with Crippen LogP contribution in [0.25, 0.3) is 0 Å². The van der Waals surface area contributed by atoms with E-state index in [1.807, 2.05) is 0 Å². The van der Waals surface area contributed by atoms with Gasteiger partial charge in [0, 0.05) is 21.1 Å². The Kier molecular flexibility index (Phi) is 4.53. The summed E-state index contributed by atoms with van der Waals surface area (Å²) in [5.41, 5.74) is 1.76. The van der Waals surface area contributed by atoms with E-state index >= 15 is 0 Å². The third kappa shape index (κ3) is 3.25. The van der Waals surface area contributed by atoms with Gasteiger partial charge in [0.1, 0.15) is 6.33 Å². The Labute approximate surface area is 109 Å². The molecular formula is C9H15N7O3. The van der Waals surface area contributed by atoms with Crippen molar-refractivity contribution in [3.05, 3.63) is 16.4 Å².